The first kappa shape index (κ1) is 13.4. The predicted molar refractivity (Wildman–Crippen MR) is 74.2 cm³/mol. The van der Waals surface area contributed by atoms with Gasteiger partial charge in [-0.05, 0) is 43.9 Å². The van der Waals surface area contributed by atoms with Crippen molar-refractivity contribution in [2.75, 3.05) is 12.4 Å². The van der Waals surface area contributed by atoms with Crippen molar-refractivity contribution in [2.24, 2.45) is 5.92 Å². The Morgan fingerprint density at radius 2 is 2.05 bits per heavy atom. The van der Waals surface area contributed by atoms with Gasteiger partial charge < -0.3 is 16.0 Å². The van der Waals surface area contributed by atoms with Gasteiger partial charge >= 0.3 is 6.03 Å². The minimum absolute atomic E-state index is 0.171. The van der Waals surface area contributed by atoms with Gasteiger partial charge in [0, 0.05) is 24.3 Å². The van der Waals surface area contributed by atoms with Crippen LogP contribution in [0.5, 0.6) is 0 Å². The van der Waals surface area contributed by atoms with Gasteiger partial charge in [0.25, 0.3) is 5.91 Å². The highest BCUT2D eigenvalue weighted by Crippen LogP contribution is 2.32. The molecule has 0 aromatic heterocycles. The molecule has 5 heteroatoms. The number of anilines is 1. The van der Waals surface area contributed by atoms with Gasteiger partial charge in [0.2, 0.25) is 0 Å². The Labute approximate surface area is 112 Å². The lowest BCUT2D eigenvalue weighted by atomic mass is 10.2. The van der Waals surface area contributed by atoms with Crippen LogP contribution in [-0.4, -0.2) is 25.0 Å². The molecule has 1 saturated carbocycles. The summed E-state index contributed by atoms with van der Waals surface area (Å²) in [6.07, 6.45) is 2.38. The number of rotatable bonds is 4. The summed E-state index contributed by atoms with van der Waals surface area (Å²) in [7, 11) is 1.58. The van der Waals surface area contributed by atoms with E-state index in [1.54, 1.807) is 31.3 Å². The van der Waals surface area contributed by atoms with E-state index in [9.17, 15) is 9.59 Å². The van der Waals surface area contributed by atoms with Gasteiger partial charge in [-0.25, -0.2) is 4.79 Å². The Kier molecular flexibility index (Phi) is 4.04. The summed E-state index contributed by atoms with van der Waals surface area (Å²) in [4.78, 5) is 23.3. The van der Waals surface area contributed by atoms with E-state index in [0.717, 1.165) is 0 Å². The minimum atomic E-state index is -0.228. The fourth-order valence-corrected chi connectivity index (χ4v) is 1.97. The Hall–Kier alpha value is -2.04. The molecular weight excluding hydrogens is 242 g/mol. The molecular formula is C14H19N3O2. The van der Waals surface area contributed by atoms with E-state index >= 15 is 0 Å². The SMILES string of the molecule is CNC(=O)c1cccc(NC(=O)NC(C)C2CC2)c1. The summed E-state index contributed by atoms with van der Waals surface area (Å²) in [6.45, 7) is 2.01. The molecule has 3 amide bonds. The molecule has 0 aliphatic heterocycles. The molecule has 0 radical (unpaired) electrons. The van der Waals surface area contributed by atoms with Gasteiger partial charge in [0.15, 0.2) is 0 Å². The maximum absolute atomic E-state index is 11.8. The van der Waals surface area contributed by atoms with E-state index in [1.165, 1.54) is 12.8 Å². The number of carbonyl (C=O) groups excluding carboxylic acids is 2. The summed E-state index contributed by atoms with van der Waals surface area (Å²) in [6, 6.07) is 6.82. The van der Waals surface area contributed by atoms with E-state index < -0.39 is 0 Å². The second-order valence-corrected chi connectivity index (χ2v) is 4.88. The van der Waals surface area contributed by atoms with Gasteiger partial charge in [0.05, 0.1) is 0 Å². The molecule has 1 aliphatic rings. The van der Waals surface area contributed by atoms with Crippen LogP contribution in [0.15, 0.2) is 24.3 Å². The highest BCUT2D eigenvalue weighted by Gasteiger charge is 2.28. The molecule has 5 nitrogen and oxygen atoms in total. The lowest BCUT2D eigenvalue weighted by Crippen LogP contribution is -2.37. The van der Waals surface area contributed by atoms with Crippen LogP contribution in [0.2, 0.25) is 0 Å². The van der Waals surface area contributed by atoms with Crippen LogP contribution in [0.4, 0.5) is 10.5 Å². The third kappa shape index (κ3) is 3.71. The third-order valence-corrected chi connectivity index (χ3v) is 3.30. The average molecular weight is 261 g/mol. The molecule has 0 spiro atoms. The lowest BCUT2D eigenvalue weighted by Gasteiger charge is -2.14. The maximum atomic E-state index is 11.8. The molecule has 0 saturated heterocycles. The molecule has 1 fully saturated rings. The van der Waals surface area contributed by atoms with E-state index in [1.807, 2.05) is 6.92 Å². The first-order valence-corrected chi connectivity index (χ1v) is 6.50. The molecule has 0 heterocycles. The van der Waals surface area contributed by atoms with Crippen LogP contribution in [0, 0.1) is 5.92 Å². The van der Waals surface area contributed by atoms with E-state index in [2.05, 4.69) is 16.0 Å². The highest BCUT2D eigenvalue weighted by atomic mass is 16.2. The zero-order valence-corrected chi connectivity index (χ0v) is 11.2. The van der Waals surface area contributed by atoms with Gasteiger partial charge in [-0.1, -0.05) is 6.07 Å². The molecule has 1 aromatic carbocycles. The fraction of sp³-hybridized carbons (Fsp3) is 0.429. The van der Waals surface area contributed by atoms with Crippen molar-refractivity contribution < 1.29 is 9.59 Å². The number of urea groups is 1. The van der Waals surface area contributed by atoms with Crippen molar-refractivity contribution >= 4 is 17.6 Å². The van der Waals surface area contributed by atoms with Gasteiger partial charge in [0.1, 0.15) is 0 Å². The molecule has 1 unspecified atom stereocenters. The summed E-state index contributed by atoms with van der Waals surface area (Å²) in [5.41, 5.74) is 1.14. The first-order valence-electron chi connectivity index (χ1n) is 6.50. The summed E-state index contributed by atoms with van der Waals surface area (Å²) in [5.74, 6) is 0.443. The highest BCUT2D eigenvalue weighted by molar-refractivity contribution is 5.96. The average Bonchev–Trinajstić information content (AvgIpc) is 3.22. The largest absolute Gasteiger partial charge is 0.355 e. The third-order valence-electron chi connectivity index (χ3n) is 3.30. The second-order valence-electron chi connectivity index (χ2n) is 4.88. The predicted octanol–water partition coefficient (Wildman–Crippen LogP) is 1.97. The van der Waals surface area contributed by atoms with Crippen molar-refractivity contribution in [3.05, 3.63) is 29.8 Å². The monoisotopic (exact) mass is 261 g/mol. The molecule has 1 aliphatic carbocycles. The lowest BCUT2D eigenvalue weighted by molar-refractivity contribution is 0.0963. The molecule has 1 atom stereocenters. The van der Waals surface area contributed by atoms with E-state index in [0.29, 0.717) is 17.2 Å². The molecule has 0 bridgehead atoms. The number of carbonyl (C=O) groups is 2. The summed E-state index contributed by atoms with van der Waals surface area (Å²) in [5, 5.41) is 8.20. The topological polar surface area (TPSA) is 70.2 Å². The number of hydrogen-bond acceptors (Lipinski definition) is 2. The molecule has 102 valence electrons. The van der Waals surface area contributed by atoms with Crippen LogP contribution in [0.25, 0.3) is 0 Å². The Balaban J connectivity index is 1.94. The zero-order chi connectivity index (χ0) is 13.8. The molecule has 19 heavy (non-hydrogen) atoms. The Morgan fingerprint density at radius 1 is 1.32 bits per heavy atom. The van der Waals surface area contributed by atoms with E-state index in [-0.39, 0.29) is 18.0 Å². The van der Waals surface area contributed by atoms with Crippen LogP contribution in [0.3, 0.4) is 0 Å². The molecule has 2 rings (SSSR count). The second kappa shape index (κ2) is 5.73. The normalized spacial score (nSPS) is 15.5. The molecule has 1 aromatic rings. The fourth-order valence-electron chi connectivity index (χ4n) is 1.97. The molecule has 3 N–H and O–H groups in total. The summed E-state index contributed by atoms with van der Waals surface area (Å²) < 4.78 is 0. The van der Waals surface area contributed by atoms with Crippen LogP contribution >= 0.6 is 0 Å². The van der Waals surface area contributed by atoms with Gasteiger partial charge in [-0.15, -0.1) is 0 Å². The minimum Gasteiger partial charge on any atom is -0.355 e. The maximum Gasteiger partial charge on any atom is 0.319 e. The van der Waals surface area contributed by atoms with E-state index in [4.69, 9.17) is 0 Å². The smallest absolute Gasteiger partial charge is 0.319 e. The van der Waals surface area contributed by atoms with Gasteiger partial charge in [-0.3, -0.25) is 4.79 Å². The number of amides is 3. The quantitative estimate of drug-likeness (QED) is 0.775. The Bertz CT molecular complexity index is 483. The zero-order valence-electron chi connectivity index (χ0n) is 11.2. The first-order chi connectivity index (χ1) is 9.10. The van der Waals surface area contributed by atoms with Crippen molar-refractivity contribution in [2.45, 2.75) is 25.8 Å². The van der Waals surface area contributed by atoms with Crippen molar-refractivity contribution in [1.29, 1.82) is 0 Å². The van der Waals surface area contributed by atoms with Crippen LogP contribution in [-0.2, 0) is 0 Å². The summed E-state index contributed by atoms with van der Waals surface area (Å²) >= 11 is 0. The van der Waals surface area contributed by atoms with Crippen molar-refractivity contribution in [1.82, 2.24) is 10.6 Å². The Morgan fingerprint density at radius 3 is 2.68 bits per heavy atom. The van der Waals surface area contributed by atoms with Crippen LogP contribution < -0.4 is 16.0 Å². The number of benzene rings is 1. The van der Waals surface area contributed by atoms with Crippen LogP contribution in [0.1, 0.15) is 30.1 Å². The van der Waals surface area contributed by atoms with Gasteiger partial charge in [-0.2, -0.15) is 0 Å². The number of hydrogen-bond donors (Lipinski definition) is 3. The standard InChI is InChI=1S/C14H19N3O2/c1-9(10-6-7-10)16-14(19)17-12-5-3-4-11(8-12)13(18)15-2/h3-5,8-10H,6-7H2,1-2H3,(H,15,18)(H2,16,17,19). The number of nitrogens with one attached hydrogen (secondary N) is 3. The van der Waals surface area contributed by atoms with Crippen molar-refractivity contribution in [3.8, 4) is 0 Å². The van der Waals surface area contributed by atoms with Crippen molar-refractivity contribution in [3.63, 3.8) is 0 Å².